The van der Waals surface area contributed by atoms with E-state index >= 15 is 0 Å². The lowest BCUT2D eigenvalue weighted by Gasteiger charge is -2.40. The van der Waals surface area contributed by atoms with Gasteiger partial charge in [-0.15, -0.1) is 0 Å². The average molecular weight is 265 g/mol. The Bertz CT molecular complexity index is 349. The number of hydrogen-bond acceptors (Lipinski definition) is 2. The van der Waals surface area contributed by atoms with Crippen LogP contribution in [0.3, 0.4) is 0 Å². The molecule has 0 amide bonds. The first-order valence-corrected chi connectivity index (χ1v) is 8.06. The maximum absolute atomic E-state index is 11.9. The second-order valence-corrected chi connectivity index (χ2v) is 7.39. The quantitative estimate of drug-likeness (QED) is 0.802. The van der Waals surface area contributed by atoms with Crippen LogP contribution in [0.4, 0.5) is 0 Å². The topological polar surface area (TPSA) is 40.5 Å². The van der Waals surface area contributed by atoms with Crippen LogP contribution in [0.5, 0.6) is 0 Å². The van der Waals surface area contributed by atoms with Gasteiger partial charge in [-0.25, -0.2) is 0 Å². The summed E-state index contributed by atoms with van der Waals surface area (Å²) >= 11 is 0. The molecule has 1 N–H and O–H groups in total. The fourth-order valence-electron chi connectivity index (χ4n) is 3.87. The molecule has 0 saturated heterocycles. The van der Waals surface area contributed by atoms with Gasteiger partial charge in [0.05, 0.1) is 5.41 Å². The minimum absolute atomic E-state index is 0.449. The molecule has 3 rings (SSSR count). The smallest absolute Gasteiger partial charge is 0.310 e. The molecule has 0 heterocycles. The lowest BCUT2D eigenvalue weighted by molar-refractivity contribution is -0.153. The molecule has 19 heavy (non-hydrogen) atoms. The van der Waals surface area contributed by atoms with E-state index in [2.05, 4.69) is 11.8 Å². The summed E-state index contributed by atoms with van der Waals surface area (Å²) in [6.07, 6.45) is 9.38. The third-order valence-electron chi connectivity index (χ3n) is 5.30. The van der Waals surface area contributed by atoms with Crippen molar-refractivity contribution < 1.29 is 9.90 Å². The van der Waals surface area contributed by atoms with Crippen LogP contribution in [-0.4, -0.2) is 35.1 Å². The predicted octanol–water partition coefficient (Wildman–Crippen LogP) is 3.14. The van der Waals surface area contributed by atoms with Crippen LogP contribution in [-0.2, 0) is 4.79 Å². The Hall–Kier alpha value is -0.570. The van der Waals surface area contributed by atoms with Gasteiger partial charge in [-0.05, 0) is 50.4 Å². The zero-order valence-electron chi connectivity index (χ0n) is 12.1. The zero-order valence-corrected chi connectivity index (χ0v) is 12.1. The van der Waals surface area contributed by atoms with Gasteiger partial charge in [0, 0.05) is 19.1 Å². The SMILES string of the molecule is CC1CCCC(CN(CC2CC2)C2CC2)(C(=O)O)C1. The molecular formula is C16H27NO2. The van der Waals surface area contributed by atoms with E-state index < -0.39 is 11.4 Å². The van der Waals surface area contributed by atoms with Gasteiger partial charge < -0.3 is 5.11 Å². The standard InChI is InChI=1S/C16H27NO2/c1-12-3-2-8-16(9-12,15(18)19)11-17(14-6-7-14)10-13-4-5-13/h12-14H,2-11H2,1H3,(H,18,19). The summed E-state index contributed by atoms with van der Waals surface area (Å²) in [6, 6.07) is 0.703. The molecule has 3 fully saturated rings. The van der Waals surface area contributed by atoms with Crippen molar-refractivity contribution in [3.8, 4) is 0 Å². The second kappa shape index (κ2) is 5.08. The average Bonchev–Trinajstić information content (AvgIpc) is 3.22. The molecule has 2 atom stereocenters. The monoisotopic (exact) mass is 265 g/mol. The van der Waals surface area contributed by atoms with Crippen molar-refractivity contribution in [3.63, 3.8) is 0 Å². The van der Waals surface area contributed by atoms with Crippen molar-refractivity contribution in [2.75, 3.05) is 13.1 Å². The Morgan fingerprint density at radius 2 is 2.00 bits per heavy atom. The molecule has 3 saturated carbocycles. The van der Waals surface area contributed by atoms with Crippen molar-refractivity contribution >= 4 is 5.97 Å². The number of nitrogens with zero attached hydrogens (tertiary/aromatic N) is 1. The molecule has 0 aliphatic heterocycles. The van der Waals surface area contributed by atoms with Crippen LogP contribution < -0.4 is 0 Å². The van der Waals surface area contributed by atoms with Gasteiger partial charge >= 0.3 is 5.97 Å². The summed E-state index contributed by atoms with van der Waals surface area (Å²) in [7, 11) is 0. The Balaban J connectivity index is 1.69. The lowest BCUT2D eigenvalue weighted by atomic mass is 9.69. The van der Waals surface area contributed by atoms with E-state index in [1.54, 1.807) is 0 Å². The summed E-state index contributed by atoms with van der Waals surface area (Å²) in [4.78, 5) is 14.4. The van der Waals surface area contributed by atoms with Crippen LogP contribution in [0, 0.1) is 17.3 Å². The molecule has 0 bridgehead atoms. The van der Waals surface area contributed by atoms with Crippen LogP contribution in [0.2, 0.25) is 0 Å². The van der Waals surface area contributed by atoms with Gasteiger partial charge in [0.1, 0.15) is 0 Å². The van der Waals surface area contributed by atoms with Crippen LogP contribution in [0.1, 0.15) is 58.3 Å². The summed E-state index contributed by atoms with van der Waals surface area (Å²) < 4.78 is 0. The fourth-order valence-corrected chi connectivity index (χ4v) is 3.87. The van der Waals surface area contributed by atoms with Gasteiger partial charge in [0.15, 0.2) is 0 Å². The normalized spacial score (nSPS) is 35.6. The van der Waals surface area contributed by atoms with E-state index in [0.29, 0.717) is 12.0 Å². The van der Waals surface area contributed by atoms with Gasteiger partial charge in [0.25, 0.3) is 0 Å². The van der Waals surface area contributed by atoms with Gasteiger partial charge in [-0.1, -0.05) is 19.8 Å². The highest BCUT2D eigenvalue weighted by Crippen LogP contribution is 2.43. The van der Waals surface area contributed by atoms with Crippen molar-refractivity contribution in [2.45, 2.75) is 64.3 Å². The minimum Gasteiger partial charge on any atom is -0.481 e. The number of carboxylic acids is 1. The first-order chi connectivity index (χ1) is 9.09. The molecule has 3 aliphatic carbocycles. The zero-order chi connectivity index (χ0) is 13.5. The molecule has 3 heteroatoms. The largest absolute Gasteiger partial charge is 0.481 e. The summed E-state index contributed by atoms with van der Waals surface area (Å²) in [5.41, 5.74) is -0.449. The van der Waals surface area contributed by atoms with Crippen LogP contribution in [0.15, 0.2) is 0 Å². The van der Waals surface area contributed by atoms with Crippen LogP contribution >= 0.6 is 0 Å². The summed E-state index contributed by atoms with van der Waals surface area (Å²) in [6.45, 7) is 4.20. The molecular weight excluding hydrogens is 238 g/mol. The Morgan fingerprint density at radius 1 is 1.26 bits per heavy atom. The second-order valence-electron chi connectivity index (χ2n) is 7.39. The van der Waals surface area contributed by atoms with E-state index in [0.717, 1.165) is 38.3 Å². The number of carbonyl (C=O) groups is 1. The molecule has 0 aromatic rings. The van der Waals surface area contributed by atoms with E-state index in [9.17, 15) is 9.90 Å². The Kier molecular flexibility index (Phi) is 3.59. The molecule has 0 radical (unpaired) electrons. The van der Waals surface area contributed by atoms with Crippen LogP contribution in [0.25, 0.3) is 0 Å². The summed E-state index contributed by atoms with van der Waals surface area (Å²) in [5, 5.41) is 9.78. The first-order valence-electron chi connectivity index (χ1n) is 8.06. The summed E-state index contributed by atoms with van der Waals surface area (Å²) in [5.74, 6) is 0.903. The highest BCUT2D eigenvalue weighted by atomic mass is 16.4. The number of hydrogen-bond donors (Lipinski definition) is 1. The van der Waals surface area contributed by atoms with Crippen molar-refractivity contribution in [1.82, 2.24) is 4.90 Å². The number of rotatable bonds is 6. The maximum Gasteiger partial charge on any atom is 0.310 e. The molecule has 2 unspecified atom stereocenters. The van der Waals surface area contributed by atoms with Crippen molar-refractivity contribution in [3.05, 3.63) is 0 Å². The van der Waals surface area contributed by atoms with E-state index in [4.69, 9.17) is 0 Å². The highest BCUT2D eigenvalue weighted by molar-refractivity contribution is 5.75. The predicted molar refractivity (Wildman–Crippen MR) is 75.0 cm³/mol. The minimum atomic E-state index is -0.541. The molecule has 3 nitrogen and oxygen atoms in total. The Morgan fingerprint density at radius 3 is 2.53 bits per heavy atom. The lowest BCUT2D eigenvalue weighted by Crippen LogP contribution is -2.47. The molecule has 0 aromatic heterocycles. The molecule has 0 spiro atoms. The highest BCUT2D eigenvalue weighted by Gasteiger charge is 2.46. The van der Waals surface area contributed by atoms with Crippen molar-refractivity contribution in [1.29, 1.82) is 0 Å². The number of carboxylic acid groups (broad SMARTS) is 1. The van der Waals surface area contributed by atoms with E-state index in [-0.39, 0.29) is 0 Å². The van der Waals surface area contributed by atoms with Crippen molar-refractivity contribution in [2.24, 2.45) is 17.3 Å². The third-order valence-corrected chi connectivity index (χ3v) is 5.30. The fraction of sp³-hybridized carbons (Fsp3) is 0.938. The van der Waals surface area contributed by atoms with Gasteiger partial charge in [-0.3, -0.25) is 9.69 Å². The van der Waals surface area contributed by atoms with Gasteiger partial charge in [0.2, 0.25) is 0 Å². The molecule has 3 aliphatic rings. The Labute approximate surface area is 116 Å². The van der Waals surface area contributed by atoms with E-state index in [1.807, 2.05) is 0 Å². The maximum atomic E-state index is 11.9. The third kappa shape index (κ3) is 3.13. The first kappa shape index (κ1) is 13.4. The molecule has 0 aromatic carbocycles. The van der Waals surface area contributed by atoms with E-state index in [1.165, 1.54) is 32.1 Å². The molecule has 108 valence electrons. The number of aliphatic carboxylic acids is 1. The van der Waals surface area contributed by atoms with Gasteiger partial charge in [-0.2, -0.15) is 0 Å².